The van der Waals surface area contributed by atoms with Gasteiger partial charge in [-0.3, -0.25) is 0 Å². The van der Waals surface area contributed by atoms with Crippen molar-refractivity contribution in [3.8, 4) is 0 Å². The first-order valence-corrected chi connectivity index (χ1v) is 3.63. The van der Waals surface area contributed by atoms with Crippen molar-refractivity contribution in [1.82, 2.24) is 24.6 Å². The van der Waals surface area contributed by atoms with E-state index in [0.29, 0.717) is 17.6 Å². The number of hydrogen-bond acceptors (Lipinski definition) is 5. The molecule has 0 atom stereocenters. The van der Waals surface area contributed by atoms with Crippen LogP contribution < -0.4 is 5.73 Å². The maximum absolute atomic E-state index is 5.61. The summed E-state index contributed by atoms with van der Waals surface area (Å²) in [5.41, 5.74) is 5.61. The van der Waals surface area contributed by atoms with Crippen molar-refractivity contribution in [2.24, 2.45) is 0 Å². The molecule has 0 saturated carbocycles. The fraction of sp³-hybridized carbons (Fsp3) is 0.333. The molecule has 0 amide bonds. The van der Waals surface area contributed by atoms with Crippen LogP contribution in [0.5, 0.6) is 0 Å². The van der Waals surface area contributed by atoms with Gasteiger partial charge in [-0.1, -0.05) is 6.92 Å². The molecule has 0 radical (unpaired) electrons. The largest absolute Gasteiger partial charge is 0.369 e. The van der Waals surface area contributed by atoms with Crippen molar-refractivity contribution in [3.05, 3.63) is 12.2 Å². The Morgan fingerprint density at radius 3 is 3.08 bits per heavy atom. The second-order valence-corrected chi connectivity index (χ2v) is 2.35. The molecular weight excluding hydrogens is 156 g/mol. The Bertz CT molecular complexity index is 405. The SMILES string of the molecule is CCc1nc(N)n2cnnc2n1. The zero-order valence-electron chi connectivity index (χ0n) is 6.60. The van der Waals surface area contributed by atoms with Gasteiger partial charge in [0.05, 0.1) is 0 Å². The number of aryl methyl sites for hydroxylation is 1. The molecule has 0 unspecified atom stereocenters. The Kier molecular flexibility index (Phi) is 1.39. The van der Waals surface area contributed by atoms with Crippen LogP contribution in [0.15, 0.2) is 6.33 Å². The van der Waals surface area contributed by atoms with Gasteiger partial charge in [-0.15, -0.1) is 10.2 Å². The summed E-state index contributed by atoms with van der Waals surface area (Å²) in [6.07, 6.45) is 2.23. The second-order valence-electron chi connectivity index (χ2n) is 2.35. The molecule has 6 heteroatoms. The number of nitrogens with zero attached hydrogens (tertiary/aromatic N) is 5. The van der Waals surface area contributed by atoms with E-state index in [1.54, 1.807) is 4.40 Å². The Balaban J connectivity index is 2.75. The van der Waals surface area contributed by atoms with Crippen molar-refractivity contribution in [2.75, 3.05) is 5.73 Å². The maximum atomic E-state index is 5.61. The summed E-state index contributed by atoms with van der Waals surface area (Å²) in [4.78, 5) is 8.15. The third-order valence-electron chi connectivity index (χ3n) is 1.57. The van der Waals surface area contributed by atoms with E-state index in [2.05, 4.69) is 20.2 Å². The van der Waals surface area contributed by atoms with Crippen LogP contribution in [0, 0.1) is 0 Å². The summed E-state index contributed by atoms with van der Waals surface area (Å²) in [5, 5.41) is 7.44. The third kappa shape index (κ3) is 0.884. The Morgan fingerprint density at radius 1 is 1.50 bits per heavy atom. The van der Waals surface area contributed by atoms with Crippen molar-refractivity contribution in [3.63, 3.8) is 0 Å². The predicted molar refractivity (Wildman–Crippen MR) is 42.4 cm³/mol. The zero-order chi connectivity index (χ0) is 8.55. The van der Waals surface area contributed by atoms with Gasteiger partial charge in [-0.05, 0) is 0 Å². The van der Waals surface area contributed by atoms with Gasteiger partial charge in [0.15, 0.2) is 0 Å². The maximum Gasteiger partial charge on any atom is 0.259 e. The van der Waals surface area contributed by atoms with Gasteiger partial charge in [-0.25, -0.2) is 4.40 Å². The lowest BCUT2D eigenvalue weighted by Gasteiger charge is -1.98. The molecule has 0 bridgehead atoms. The van der Waals surface area contributed by atoms with Crippen LogP contribution in [-0.2, 0) is 6.42 Å². The van der Waals surface area contributed by atoms with Crippen LogP contribution in [0.25, 0.3) is 5.78 Å². The highest BCUT2D eigenvalue weighted by atomic mass is 15.3. The number of nitrogen functional groups attached to an aromatic ring is 1. The van der Waals surface area contributed by atoms with Crippen LogP contribution in [0.3, 0.4) is 0 Å². The van der Waals surface area contributed by atoms with E-state index in [1.807, 2.05) is 6.92 Å². The highest BCUT2D eigenvalue weighted by Gasteiger charge is 2.03. The van der Waals surface area contributed by atoms with E-state index < -0.39 is 0 Å². The smallest absolute Gasteiger partial charge is 0.259 e. The van der Waals surface area contributed by atoms with Gasteiger partial charge in [-0.2, -0.15) is 9.97 Å². The number of rotatable bonds is 1. The van der Waals surface area contributed by atoms with E-state index >= 15 is 0 Å². The normalized spacial score (nSPS) is 10.8. The van der Waals surface area contributed by atoms with E-state index in [1.165, 1.54) is 6.33 Å². The molecule has 0 spiro atoms. The summed E-state index contributed by atoms with van der Waals surface area (Å²) < 4.78 is 1.54. The van der Waals surface area contributed by atoms with E-state index in [4.69, 9.17) is 5.73 Å². The average molecular weight is 164 g/mol. The highest BCUT2D eigenvalue weighted by molar-refractivity contribution is 5.34. The quantitative estimate of drug-likeness (QED) is 0.623. The molecule has 0 aromatic carbocycles. The molecule has 62 valence electrons. The lowest BCUT2D eigenvalue weighted by Crippen LogP contribution is -2.05. The Labute approximate surface area is 68.5 Å². The van der Waals surface area contributed by atoms with Gasteiger partial charge in [0.1, 0.15) is 12.2 Å². The molecule has 0 saturated heterocycles. The van der Waals surface area contributed by atoms with Crippen molar-refractivity contribution in [1.29, 1.82) is 0 Å². The first-order chi connectivity index (χ1) is 5.81. The van der Waals surface area contributed by atoms with E-state index in [0.717, 1.165) is 6.42 Å². The summed E-state index contributed by atoms with van der Waals surface area (Å²) >= 11 is 0. The van der Waals surface area contributed by atoms with Gasteiger partial charge in [0.25, 0.3) is 5.78 Å². The molecule has 0 aliphatic carbocycles. The van der Waals surface area contributed by atoms with E-state index in [9.17, 15) is 0 Å². The third-order valence-corrected chi connectivity index (χ3v) is 1.57. The van der Waals surface area contributed by atoms with E-state index in [-0.39, 0.29) is 0 Å². The summed E-state index contributed by atoms with van der Waals surface area (Å²) in [6.45, 7) is 1.96. The predicted octanol–water partition coefficient (Wildman–Crippen LogP) is -0.336. The van der Waals surface area contributed by atoms with Crippen LogP contribution in [0.4, 0.5) is 5.95 Å². The number of nitrogens with two attached hydrogens (primary N) is 1. The Hall–Kier alpha value is -1.72. The monoisotopic (exact) mass is 164 g/mol. The molecule has 6 nitrogen and oxygen atoms in total. The topological polar surface area (TPSA) is 82.0 Å². The van der Waals surface area contributed by atoms with Crippen LogP contribution in [0.2, 0.25) is 0 Å². The van der Waals surface area contributed by atoms with Crippen molar-refractivity contribution >= 4 is 11.7 Å². The summed E-state index contributed by atoms with van der Waals surface area (Å²) in [5.74, 6) is 1.56. The minimum Gasteiger partial charge on any atom is -0.369 e. The highest BCUT2D eigenvalue weighted by Crippen LogP contribution is 2.02. The summed E-state index contributed by atoms with van der Waals surface area (Å²) in [7, 11) is 0. The Morgan fingerprint density at radius 2 is 2.33 bits per heavy atom. The summed E-state index contributed by atoms with van der Waals surface area (Å²) in [6, 6.07) is 0. The molecule has 2 aromatic heterocycles. The first kappa shape index (κ1) is 6.96. The molecule has 12 heavy (non-hydrogen) atoms. The van der Waals surface area contributed by atoms with Crippen molar-refractivity contribution in [2.45, 2.75) is 13.3 Å². The van der Waals surface area contributed by atoms with Gasteiger partial charge in [0, 0.05) is 6.42 Å². The number of fused-ring (bicyclic) bond motifs is 1. The number of aromatic nitrogens is 5. The lowest BCUT2D eigenvalue weighted by atomic mass is 10.5. The number of anilines is 1. The van der Waals surface area contributed by atoms with Crippen LogP contribution >= 0.6 is 0 Å². The number of hydrogen-bond donors (Lipinski definition) is 1. The standard InChI is InChI=1S/C6H8N6/c1-2-4-9-5(7)12-3-8-11-6(12)10-4/h3H,2H2,1H3,(H2,7,9,10,11). The molecular formula is C6H8N6. The average Bonchev–Trinajstić information content (AvgIpc) is 2.52. The minimum atomic E-state index is 0.377. The zero-order valence-corrected chi connectivity index (χ0v) is 6.60. The van der Waals surface area contributed by atoms with Crippen LogP contribution in [-0.4, -0.2) is 24.6 Å². The van der Waals surface area contributed by atoms with Gasteiger partial charge < -0.3 is 5.73 Å². The fourth-order valence-electron chi connectivity index (χ4n) is 0.951. The molecule has 2 heterocycles. The molecule has 2 rings (SSSR count). The van der Waals surface area contributed by atoms with Gasteiger partial charge >= 0.3 is 0 Å². The minimum absolute atomic E-state index is 0.377. The van der Waals surface area contributed by atoms with Crippen molar-refractivity contribution < 1.29 is 0 Å². The lowest BCUT2D eigenvalue weighted by molar-refractivity contribution is 0.903. The molecule has 2 aromatic rings. The first-order valence-electron chi connectivity index (χ1n) is 3.63. The van der Waals surface area contributed by atoms with Crippen LogP contribution in [0.1, 0.15) is 12.7 Å². The molecule has 2 N–H and O–H groups in total. The molecule has 0 aliphatic heterocycles. The fourth-order valence-corrected chi connectivity index (χ4v) is 0.951. The second kappa shape index (κ2) is 2.40. The van der Waals surface area contributed by atoms with Gasteiger partial charge in [0.2, 0.25) is 5.95 Å². The molecule has 0 fully saturated rings. The molecule has 0 aliphatic rings.